The molecule has 0 radical (unpaired) electrons. The molecule has 5 heteroatoms. The minimum Gasteiger partial charge on any atom is -0.512 e. The number of rotatable bonds is 4. The second-order valence-electron chi connectivity index (χ2n) is 2.53. The van der Waals surface area contributed by atoms with Crippen molar-refractivity contribution in [3.8, 4) is 5.75 Å². The minimum atomic E-state index is -1.75. The van der Waals surface area contributed by atoms with E-state index in [0.717, 1.165) is 11.8 Å². The number of benzene rings is 1. The predicted molar refractivity (Wildman–Crippen MR) is 54.8 cm³/mol. The molecule has 3 nitrogen and oxygen atoms in total. The van der Waals surface area contributed by atoms with Crippen LogP contribution in [0.2, 0.25) is 0 Å². The van der Waals surface area contributed by atoms with E-state index in [1.54, 1.807) is 12.1 Å². The van der Waals surface area contributed by atoms with Gasteiger partial charge in [-0.2, -0.15) is 0 Å². The molecule has 0 atom stereocenters. The third kappa shape index (κ3) is 3.80. The van der Waals surface area contributed by atoms with Crippen LogP contribution in [0.15, 0.2) is 24.3 Å². The van der Waals surface area contributed by atoms with Gasteiger partial charge in [0.15, 0.2) is 0 Å². The Bertz CT molecular complexity index is 250. The third-order valence-electron chi connectivity index (χ3n) is 1.55. The molecule has 1 aromatic rings. The second-order valence-corrected chi connectivity index (χ2v) is 3.32. The fraction of sp³-hybridized carbons (Fsp3) is 0.250. The summed E-state index contributed by atoms with van der Waals surface area (Å²) in [6, 6.07) is 7.19. The highest BCUT2D eigenvalue weighted by Gasteiger charge is 2.10. The molecule has 70 valence electrons. The predicted octanol–water partition coefficient (Wildman–Crippen LogP) is 0.972. The molecule has 0 spiro atoms. The van der Waals surface area contributed by atoms with Crippen molar-refractivity contribution in [2.75, 3.05) is 5.33 Å². The normalized spacial score (nSPS) is 9.77. The first-order valence-electron chi connectivity index (χ1n) is 3.90. The molecule has 0 aliphatic carbocycles. The van der Waals surface area contributed by atoms with Crippen molar-refractivity contribution in [3.05, 3.63) is 29.8 Å². The average Bonchev–Trinajstić information content (AvgIpc) is 2.08. The summed E-state index contributed by atoms with van der Waals surface area (Å²) in [5.41, 5.74) is 1.18. The van der Waals surface area contributed by atoms with Crippen molar-refractivity contribution in [2.24, 2.45) is 0 Å². The van der Waals surface area contributed by atoms with Crippen LogP contribution in [-0.2, 0) is 6.42 Å². The molecule has 0 aliphatic rings. The molecule has 0 aliphatic heterocycles. The molecule has 0 unspecified atom stereocenters. The van der Waals surface area contributed by atoms with E-state index in [2.05, 4.69) is 20.6 Å². The summed E-state index contributed by atoms with van der Waals surface area (Å²) < 4.78 is 4.65. The standard InChI is InChI=1S/C8H10BBrO3/c10-6-5-7-1-3-8(4-2-7)13-9(11)12/h1-4,11-12H,5-6H2. The van der Waals surface area contributed by atoms with E-state index in [4.69, 9.17) is 10.0 Å². The van der Waals surface area contributed by atoms with Crippen LogP contribution in [0.4, 0.5) is 0 Å². The van der Waals surface area contributed by atoms with Crippen molar-refractivity contribution >= 4 is 23.3 Å². The van der Waals surface area contributed by atoms with Crippen LogP contribution in [-0.4, -0.2) is 22.7 Å². The van der Waals surface area contributed by atoms with E-state index in [-0.39, 0.29) is 0 Å². The zero-order valence-corrected chi connectivity index (χ0v) is 8.57. The Morgan fingerprint density at radius 1 is 1.23 bits per heavy atom. The maximum absolute atomic E-state index is 8.50. The summed E-state index contributed by atoms with van der Waals surface area (Å²) in [4.78, 5) is 0. The summed E-state index contributed by atoms with van der Waals surface area (Å²) in [7, 11) is -1.75. The molecular formula is C8H10BBrO3. The summed E-state index contributed by atoms with van der Waals surface area (Å²) in [6.45, 7) is 0. The van der Waals surface area contributed by atoms with Gasteiger partial charge in [0.05, 0.1) is 0 Å². The van der Waals surface area contributed by atoms with Gasteiger partial charge in [0.25, 0.3) is 0 Å². The van der Waals surface area contributed by atoms with Gasteiger partial charge < -0.3 is 14.7 Å². The van der Waals surface area contributed by atoms with Crippen LogP contribution in [0, 0.1) is 0 Å². The van der Waals surface area contributed by atoms with E-state index < -0.39 is 7.32 Å². The van der Waals surface area contributed by atoms with Gasteiger partial charge in [-0.05, 0) is 24.1 Å². The zero-order valence-electron chi connectivity index (χ0n) is 6.98. The van der Waals surface area contributed by atoms with Gasteiger partial charge in [0, 0.05) is 5.33 Å². The van der Waals surface area contributed by atoms with E-state index in [0.29, 0.717) is 5.75 Å². The van der Waals surface area contributed by atoms with Crippen molar-refractivity contribution in [3.63, 3.8) is 0 Å². The Balaban J connectivity index is 2.59. The van der Waals surface area contributed by atoms with Crippen molar-refractivity contribution in [1.82, 2.24) is 0 Å². The fourth-order valence-corrected chi connectivity index (χ4v) is 1.42. The lowest BCUT2D eigenvalue weighted by molar-refractivity contribution is 0.288. The van der Waals surface area contributed by atoms with E-state index in [9.17, 15) is 0 Å². The molecule has 0 saturated heterocycles. The molecular weight excluding hydrogens is 235 g/mol. The fourth-order valence-electron chi connectivity index (χ4n) is 0.966. The second kappa shape index (κ2) is 5.27. The summed E-state index contributed by atoms with van der Waals surface area (Å²) in [5, 5.41) is 17.9. The first-order valence-corrected chi connectivity index (χ1v) is 5.02. The van der Waals surface area contributed by atoms with Gasteiger partial charge in [-0.15, -0.1) is 0 Å². The minimum absolute atomic E-state index is 0.452. The van der Waals surface area contributed by atoms with Gasteiger partial charge >= 0.3 is 7.32 Å². The van der Waals surface area contributed by atoms with Crippen LogP contribution in [0.1, 0.15) is 5.56 Å². The van der Waals surface area contributed by atoms with Crippen LogP contribution < -0.4 is 4.65 Å². The molecule has 1 rings (SSSR count). The molecule has 13 heavy (non-hydrogen) atoms. The van der Waals surface area contributed by atoms with Gasteiger partial charge in [-0.1, -0.05) is 28.1 Å². The summed E-state index contributed by atoms with van der Waals surface area (Å²) >= 11 is 3.33. The zero-order chi connectivity index (χ0) is 9.68. The van der Waals surface area contributed by atoms with Crippen molar-refractivity contribution in [1.29, 1.82) is 0 Å². The molecule has 0 bridgehead atoms. The lowest BCUT2D eigenvalue weighted by atomic mass is 10.1. The number of aryl methyl sites for hydroxylation is 1. The van der Waals surface area contributed by atoms with Gasteiger partial charge in [-0.3, -0.25) is 0 Å². The van der Waals surface area contributed by atoms with Crippen LogP contribution >= 0.6 is 15.9 Å². The van der Waals surface area contributed by atoms with Gasteiger partial charge in [0.1, 0.15) is 5.75 Å². The maximum atomic E-state index is 8.50. The Morgan fingerprint density at radius 2 is 1.85 bits per heavy atom. The smallest absolute Gasteiger partial charge is 0.512 e. The Kier molecular flexibility index (Phi) is 4.28. The number of alkyl halides is 1. The Labute approximate surface area is 85.7 Å². The van der Waals surface area contributed by atoms with Crippen molar-refractivity contribution in [2.45, 2.75) is 6.42 Å². The lowest BCUT2D eigenvalue weighted by Gasteiger charge is -2.04. The summed E-state index contributed by atoms with van der Waals surface area (Å²) in [5.74, 6) is 0.452. The maximum Gasteiger partial charge on any atom is 0.707 e. The molecule has 0 heterocycles. The average molecular weight is 245 g/mol. The lowest BCUT2D eigenvalue weighted by Crippen LogP contribution is -2.20. The van der Waals surface area contributed by atoms with E-state index in [1.165, 1.54) is 5.56 Å². The molecule has 0 saturated carbocycles. The van der Waals surface area contributed by atoms with Crippen molar-refractivity contribution < 1.29 is 14.7 Å². The highest BCUT2D eigenvalue weighted by atomic mass is 79.9. The van der Waals surface area contributed by atoms with E-state index in [1.807, 2.05) is 12.1 Å². The molecule has 0 aromatic heterocycles. The monoisotopic (exact) mass is 244 g/mol. The Morgan fingerprint density at radius 3 is 2.31 bits per heavy atom. The highest BCUT2D eigenvalue weighted by molar-refractivity contribution is 9.09. The van der Waals surface area contributed by atoms with E-state index >= 15 is 0 Å². The first kappa shape index (κ1) is 10.6. The number of halogens is 1. The van der Waals surface area contributed by atoms with Crippen LogP contribution in [0.25, 0.3) is 0 Å². The van der Waals surface area contributed by atoms with Gasteiger partial charge in [0.2, 0.25) is 0 Å². The molecule has 1 aromatic carbocycles. The third-order valence-corrected chi connectivity index (χ3v) is 1.94. The Hall–Kier alpha value is -0.515. The van der Waals surface area contributed by atoms with Crippen LogP contribution in [0.3, 0.4) is 0 Å². The molecule has 0 amide bonds. The molecule has 0 fully saturated rings. The van der Waals surface area contributed by atoms with Crippen LogP contribution in [0.5, 0.6) is 5.75 Å². The highest BCUT2D eigenvalue weighted by Crippen LogP contribution is 2.13. The molecule has 2 N–H and O–H groups in total. The number of hydrogen-bond donors (Lipinski definition) is 2. The topological polar surface area (TPSA) is 49.7 Å². The largest absolute Gasteiger partial charge is 0.707 e. The SMILES string of the molecule is OB(O)Oc1ccc(CCBr)cc1. The van der Waals surface area contributed by atoms with Gasteiger partial charge in [-0.25, -0.2) is 0 Å². The number of hydrogen-bond acceptors (Lipinski definition) is 3. The summed E-state index contributed by atoms with van der Waals surface area (Å²) in [6.07, 6.45) is 0.946. The first-order chi connectivity index (χ1) is 6.22. The quantitative estimate of drug-likeness (QED) is 0.613.